The molecular formula is C20H29N5O2. The third-order valence-electron chi connectivity index (χ3n) is 4.29. The van der Waals surface area contributed by atoms with Gasteiger partial charge in [0, 0.05) is 36.6 Å². The average molecular weight is 371 g/mol. The maximum Gasteiger partial charge on any atom is 0.319 e. The standard InChI is InChI=1S/C20H29N5O2/c1-6-19(26)22-17-8-7-14(3)18(10-17)23-20(27)21-11-13(2)12-25-16(5)9-15(4)24-25/h7-10,13H,6,11-12H2,1-5H3,(H,22,26)(H2,21,23,27)/t13-/m1/s1. The van der Waals surface area contributed by atoms with E-state index in [0.717, 1.165) is 23.5 Å². The van der Waals surface area contributed by atoms with Crippen LogP contribution in [0.4, 0.5) is 16.2 Å². The van der Waals surface area contributed by atoms with Crippen molar-refractivity contribution >= 4 is 23.3 Å². The number of aryl methyl sites for hydroxylation is 3. The molecule has 0 aliphatic rings. The molecule has 0 spiro atoms. The fourth-order valence-corrected chi connectivity index (χ4v) is 2.74. The molecule has 2 rings (SSSR count). The van der Waals surface area contributed by atoms with Crippen LogP contribution in [-0.2, 0) is 11.3 Å². The summed E-state index contributed by atoms with van der Waals surface area (Å²) in [6, 6.07) is 7.23. The third-order valence-corrected chi connectivity index (χ3v) is 4.29. The SMILES string of the molecule is CCC(=O)Nc1ccc(C)c(NC(=O)NC[C@@H](C)Cn2nc(C)cc2C)c1. The lowest BCUT2D eigenvalue weighted by Crippen LogP contribution is -2.34. The van der Waals surface area contributed by atoms with E-state index in [-0.39, 0.29) is 17.9 Å². The fraction of sp³-hybridized carbons (Fsp3) is 0.450. The Hall–Kier alpha value is -2.83. The number of anilines is 2. The molecule has 146 valence electrons. The summed E-state index contributed by atoms with van der Waals surface area (Å²) in [6.45, 7) is 11.1. The number of aromatic nitrogens is 2. The molecule has 3 amide bonds. The zero-order chi connectivity index (χ0) is 20.0. The van der Waals surface area contributed by atoms with Crippen molar-refractivity contribution in [3.63, 3.8) is 0 Å². The summed E-state index contributed by atoms with van der Waals surface area (Å²) in [5.41, 5.74) is 4.38. The van der Waals surface area contributed by atoms with E-state index in [9.17, 15) is 9.59 Å². The normalized spacial score (nSPS) is 11.7. The molecule has 0 saturated carbocycles. The van der Waals surface area contributed by atoms with E-state index in [1.54, 1.807) is 13.0 Å². The molecular weight excluding hydrogens is 342 g/mol. The number of urea groups is 1. The highest BCUT2D eigenvalue weighted by Crippen LogP contribution is 2.20. The van der Waals surface area contributed by atoms with Gasteiger partial charge in [-0.25, -0.2) is 4.79 Å². The van der Waals surface area contributed by atoms with Gasteiger partial charge in [-0.1, -0.05) is 19.9 Å². The Morgan fingerprint density at radius 2 is 1.89 bits per heavy atom. The number of carbonyl (C=O) groups is 2. The first-order valence-electron chi connectivity index (χ1n) is 9.25. The van der Waals surface area contributed by atoms with E-state index in [1.165, 1.54) is 0 Å². The van der Waals surface area contributed by atoms with Gasteiger partial charge in [-0.3, -0.25) is 9.48 Å². The predicted octanol–water partition coefficient (Wildman–Crippen LogP) is 3.61. The van der Waals surface area contributed by atoms with E-state index >= 15 is 0 Å². The molecule has 3 N–H and O–H groups in total. The number of carbonyl (C=O) groups excluding carboxylic acids is 2. The van der Waals surface area contributed by atoms with Crippen LogP contribution in [0.15, 0.2) is 24.3 Å². The largest absolute Gasteiger partial charge is 0.338 e. The highest BCUT2D eigenvalue weighted by molar-refractivity contribution is 5.94. The Labute approximate surface area is 160 Å². The number of amides is 3. The molecule has 0 saturated heterocycles. The van der Waals surface area contributed by atoms with Crippen molar-refractivity contribution in [1.29, 1.82) is 0 Å². The summed E-state index contributed by atoms with van der Waals surface area (Å²) in [5, 5.41) is 13.0. The zero-order valence-corrected chi connectivity index (χ0v) is 16.7. The van der Waals surface area contributed by atoms with Crippen molar-refractivity contribution in [2.45, 2.75) is 47.6 Å². The summed E-state index contributed by atoms with van der Waals surface area (Å²) in [6.07, 6.45) is 0.407. The second-order valence-electron chi connectivity index (χ2n) is 6.98. The number of hydrogen-bond donors (Lipinski definition) is 3. The number of nitrogens with one attached hydrogen (secondary N) is 3. The zero-order valence-electron chi connectivity index (χ0n) is 16.7. The molecule has 0 aliphatic heterocycles. The molecule has 1 atom stereocenters. The minimum atomic E-state index is -0.266. The molecule has 0 fully saturated rings. The Morgan fingerprint density at radius 3 is 2.52 bits per heavy atom. The maximum atomic E-state index is 12.3. The maximum absolute atomic E-state index is 12.3. The Bertz CT molecular complexity index is 813. The van der Waals surface area contributed by atoms with E-state index in [1.807, 2.05) is 43.7 Å². The van der Waals surface area contributed by atoms with Crippen LogP contribution in [0, 0.1) is 26.7 Å². The number of nitrogens with zero attached hydrogens (tertiary/aromatic N) is 2. The van der Waals surface area contributed by atoms with E-state index in [4.69, 9.17) is 0 Å². The van der Waals surface area contributed by atoms with Crippen molar-refractivity contribution in [3.05, 3.63) is 41.2 Å². The molecule has 1 heterocycles. The lowest BCUT2D eigenvalue weighted by Gasteiger charge is -2.16. The summed E-state index contributed by atoms with van der Waals surface area (Å²) in [7, 11) is 0. The summed E-state index contributed by atoms with van der Waals surface area (Å²) in [5.74, 6) is 0.178. The van der Waals surface area contributed by atoms with Crippen LogP contribution < -0.4 is 16.0 Å². The smallest absolute Gasteiger partial charge is 0.319 e. The highest BCUT2D eigenvalue weighted by Gasteiger charge is 2.10. The van der Waals surface area contributed by atoms with Gasteiger partial charge >= 0.3 is 6.03 Å². The van der Waals surface area contributed by atoms with Gasteiger partial charge < -0.3 is 16.0 Å². The molecule has 0 radical (unpaired) electrons. The van der Waals surface area contributed by atoms with Crippen molar-refractivity contribution in [3.8, 4) is 0 Å². The van der Waals surface area contributed by atoms with Crippen LogP contribution in [0.2, 0.25) is 0 Å². The molecule has 0 aliphatic carbocycles. The number of hydrogen-bond acceptors (Lipinski definition) is 3. The lowest BCUT2D eigenvalue weighted by atomic mass is 10.1. The monoisotopic (exact) mass is 371 g/mol. The molecule has 1 aromatic carbocycles. The van der Waals surface area contributed by atoms with Gasteiger partial charge in [0.05, 0.1) is 5.69 Å². The molecule has 7 heteroatoms. The highest BCUT2D eigenvalue weighted by atomic mass is 16.2. The first kappa shape index (κ1) is 20.5. The second kappa shape index (κ2) is 9.21. The van der Waals surface area contributed by atoms with Crippen LogP contribution in [-0.4, -0.2) is 28.3 Å². The minimum Gasteiger partial charge on any atom is -0.338 e. The predicted molar refractivity (Wildman–Crippen MR) is 108 cm³/mol. The Balaban J connectivity index is 1.88. The number of rotatable bonds is 7. The average Bonchev–Trinajstić information content (AvgIpc) is 2.93. The van der Waals surface area contributed by atoms with E-state index in [2.05, 4.69) is 28.0 Å². The van der Waals surface area contributed by atoms with Gasteiger partial charge in [0.2, 0.25) is 5.91 Å². The van der Waals surface area contributed by atoms with Gasteiger partial charge in [-0.05, 0) is 50.5 Å². The van der Waals surface area contributed by atoms with Crippen molar-refractivity contribution < 1.29 is 9.59 Å². The third kappa shape index (κ3) is 6.13. The lowest BCUT2D eigenvalue weighted by molar-refractivity contribution is -0.115. The second-order valence-corrected chi connectivity index (χ2v) is 6.98. The first-order valence-corrected chi connectivity index (χ1v) is 9.25. The molecule has 1 aromatic heterocycles. The molecule has 0 unspecified atom stereocenters. The van der Waals surface area contributed by atoms with Crippen molar-refractivity contribution in [2.24, 2.45) is 5.92 Å². The quantitative estimate of drug-likeness (QED) is 0.695. The van der Waals surface area contributed by atoms with Crippen LogP contribution in [0.1, 0.15) is 37.2 Å². The van der Waals surface area contributed by atoms with Gasteiger partial charge in [0.15, 0.2) is 0 Å². The minimum absolute atomic E-state index is 0.0627. The topological polar surface area (TPSA) is 88.0 Å². The van der Waals surface area contributed by atoms with Crippen LogP contribution in [0.3, 0.4) is 0 Å². The molecule has 0 bridgehead atoms. The molecule has 27 heavy (non-hydrogen) atoms. The number of benzene rings is 1. The van der Waals surface area contributed by atoms with Crippen LogP contribution in [0.25, 0.3) is 0 Å². The Kier molecular flexibility index (Phi) is 6.98. The van der Waals surface area contributed by atoms with E-state index < -0.39 is 0 Å². The van der Waals surface area contributed by atoms with Gasteiger partial charge in [0.1, 0.15) is 0 Å². The van der Waals surface area contributed by atoms with Crippen LogP contribution in [0.5, 0.6) is 0 Å². The summed E-state index contributed by atoms with van der Waals surface area (Å²) >= 11 is 0. The summed E-state index contributed by atoms with van der Waals surface area (Å²) in [4.78, 5) is 23.8. The van der Waals surface area contributed by atoms with Gasteiger partial charge in [0.25, 0.3) is 0 Å². The van der Waals surface area contributed by atoms with Gasteiger partial charge in [-0.2, -0.15) is 5.10 Å². The Morgan fingerprint density at radius 1 is 1.15 bits per heavy atom. The summed E-state index contributed by atoms with van der Waals surface area (Å²) < 4.78 is 1.96. The molecule has 2 aromatic rings. The van der Waals surface area contributed by atoms with E-state index in [0.29, 0.717) is 24.3 Å². The van der Waals surface area contributed by atoms with Crippen molar-refractivity contribution in [2.75, 3.05) is 17.2 Å². The molecule has 7 nitrogen and oxygen atoms in total. The first-order chi connectivity index (χ1) is 12.8. The van der Waals surface area contributed by atoms with Crippen molar-refractivity contribution in [1.82, 2.24) is 15.1 Å². The van der Waals surface area contributed by atoms with Crippen LogP contribution >= 0.6 is 0 Å². The van der Waals surface area contributed by atoms with Gasteiger partial charge in [-0.15, -0.1) is 0 Å². The fourth-order valence-electron chi connectivity index (χ4n) is 2.74.